The topological polar surface area (TPSA) is 79.0 Å². The third-order valence-electron chi connectivity index (χ3n) is 5.71. The lowest BCUT2D eigenvalue weighted by Gasteiger charge is -2.36. The minimum atomic E-state index is -0.550. The Morgan fingerprint density at radius 2 is 1.94 bits per heavy atom. The lowest BCUT2D eigenvalue weighted by Crippen LogP contribution is -2.51. The second kappa shape index (κ2) is 10.3. The molecule has 0 unspecified atom stereocenters. The SMILES string of the molecule is CC(C)(C)OC(=O)NC[C@H]1CCCN(C(=O)[C@@H]2CCC(=O)N2Cc2ccc(Cl)c(Cl)c2)C1. The maximum atomic E-state index is 13.3. The van der Waals surface area contributed by atoms with Crippen LogP contribution in [0.15, 0.2) is 18.2 Å². The summed E-state index contributed by atoms with van der Waals surface area (Å²) in [6.45, 7) is 7.45. The zero-order valence-corrected chi connectivity index (χ0v) is 20.3. The number of alkyl carbamates (subject to hydrolysis) is 1. The highest BCUT2D eigenvalue weighted by Gasteiger charge is 2.39. The lowest BCUT2D eigenvalue weighted by molar-refractivity contribution is -0.143. The first-order valence-electron chi connectivity index (χ1n) is 11.0. The van der Waals surface area contributed by atoms with E-state index in [9.17, 15) is 14.4 Å². The van der Waals surface area contributed by atoms with Gasteiger partial charge >= 0.3 is 6.09 Å². The van der Waals surface area contributed by atoms with Crippen LogP contribution in [0.3, 0.4) is 0 Å². The molecule has 2 aliphatic heterocycles. The van der Waals surface area contributed by atoms with Gasteiger partial charge in [0.2, 0.25) is 11.8 Å². The van der Waals surface area contributed by atoms with Crippen molar-refractivity contribution in [1.29, 1.82) is 0 Å². The number of halogens is 2. The fourth-order valence-electron chi connectivity index (χ4n) is 4.21. The van der Waals surface area contributed by atoms with E-state index in [1.54, 1.807) is 17.0 Å². The van der Waals surface area contributed by atoms with E-state index in [4.69, 9.17) is 27.9 Å². The van der Waals surface area contributed by atoms with E-state index in [0.29, 0.717) is 49.1 Å². The van der Waals surface area contributed by atoms with Gasteiger partial charge in [-0.25, -0.2) is 4.79 Å². The third-order valence-corrected chi connectivity index (χ3v) is 6.45. The molecular formula is C23H31Cl2N3O4. The van der Waals surface area contributed by atoms with Crippen LogP contribution >= 0.6 is 23.2 Å². The number of carbonyl (C=O) groups is 3. The van der Waals surface area contributed by atoms with E-state index >= 15 is 0 Å². The van der Waals surface area contributed by atoms with Gasteiger partial charge in [-0.2, -0.15) is 0 Å². The molecule has 1 N–H and O–H groups in total. The first kappa shape index (κ1) is 24.6. The molecule has 0 aliphatic carbocycles. The maximum Gasteiger partial charge on any atom is 0.407 e. The molecule has 32 heavy (non-hydrogen) atoms. The van der Waals surface area contributed by atoms with Crippen molar-refractivity contribution in [2.75, 3.05) is 19.6 Å². The van der Waals surface area contributed by atoms with E-state index < -0.39 is 17.7 Å². The highest BCUT2D eigenvalue weighted by atomic mass is 35.5. The van der Waals surface area contributed by atoms with Crippen LogP contribution in [0.25, 0.3) is 0 Å². The molecule has 0 bridgehead atoms. The van der Waals surface area contributed by atoms with Gasteiger partial charge in [-0.05, 0) is 63.6 Å². The second-order valence-electron chi connectivity index (χ2n) is 9.50. The van der Waals surface area contributed by atoms with Gasteiger partial charge in [-0.3, -0.25) is 9.59 Å². The van der Waals surface area contributed by atoms with Gasteiger partial charge < -0.3 is 19.9 Å². The molecule has 0 radical (unpaired) electrons. The molecule has 1 aromatic rings. The van der Waals surface area contributed by atoms with E-state index in [-0.39, 0.29) is 17.7 Å². The molecule has 7 nitrogen and oxygen atoms in total. The van der Waals surface area contributed by atoms with E-state index in [2.05, 4.69) is 5.32 Å². The summed E-state index contributed by atoms with van der Waals surface area (Å²) in [6, 6.07) is 4.77. The van der Waals surface area contributed by atoms with Gasteiger partial charge in [-0.15, -0.1) is 0 Å². The standard InChI is InChI=1S/C23H31Cl2N3O4/c1-23(2,3)32-22(31)26-12-16-5-4-10-27(13-16)21(30)19-8-9-20(29)28(19)14-15-6-7-17(24)18(25)11-15/h6-7,11,16,19H,4-5,8-10,12-14H2,1-3H3,(H,26,31)/t16-,19+/m1/s1. The van der Waals surface area contributed by atoms with Crippen molar-refractivity contribution >= 4 is 41.1 Å². The number of nitrogens with one attached hydrogen (secondary N) is 1. The Balaban J connectivity index is 1.59. The van der Waals surface area contributed by atoms with Crippen LogP contribution in [0.5, 0.6) is 0 Å². The van der Waals surface area contributed by atoms with Crippen molar-refractivity contribution in [3.05, 3.63) is 33.8 Å². The van der Waals surface area contributed by atoms with Crippen LogP contribution in [0.1, 0.15) is 52.0 Å². The van der Waals surface area contributed by atoms with Gasteiger partial charge in [0.15, 0.2) is 0 Å². The van der Waals surface area contributed by atoms with Crippen molar-refractivity contribution in [3.8, 4) is 0 Å². The quantitative estimate of drug-likeness (QED) is 0.678. The molecule has 0 saturated carbocycles. The van der Waals surface area contributed by atoms with Crippen molar-refractivity contribution in [2.45, 2.75) is 64.6 Å². The summed E-state index contributed by atoms with van der Waals surface area (Å²) >= 11 is 12.1. The summed E-state index contributed by atoms with van der Waals surface area (Å²) in [7, 11) is 0. The highest BCUT2D eigenvalue weighted by Crippen LogP contribution is 2.28. The molecule has 9 heteroatoms. The molecule has 3 amide bonds. The van der Waals surface area contributed by atoms with Crippen molar-refractivity contribution < 1.29 is 19.1 Å². The maximum absolute atomic E-state index is 13.3. The molecule has 0 spiro atoms. The van der Waals surface area contributed by atoms with E-state index in [1.165, 1.54) is 0 Å². The number of carbonyl (C=O) groups excluding carboxylic acids is 3. The zero-order chi connectivity index (χ0) is 23.5. The van der Waals surface area contributed by atoms with E-state index in [0.717, 1.165) is 18.4 Å². The molecule has 2 atom stereocenters. The lowest BCUT2D eigenvalue weighted by atomic mass is 9.97. The molecule has 2 saturated heterocycles. The van der Waals surface area contributed by atoms with Gasteiger partial charge in [-0.1, -0.05) is 29.3 Å². The number of ether oxygens (including phenoxy) is 1. The largest absolute Gasteiger partial charge is 0.444 e. The average Bonchev–Trinajstić information content (AvgIpc) is 3.08. The molecule has 2 fully saturated rings. The van der Waals surface area contributed by atoms with Gasteiger partial charge in [0.25, 0.3) is 0 Å². The number of piperidine rings is 1. The number of amides is 3. The summed E-state index contributed by atoms with van der Waals surface area (Å²) in [5.74, 6) is 0.0910. The summed E-state index contributed by atoms with van der Waals surface area (Å²) in [4.78, 5) is 41.3. The average molecular weight is 484 g/mol. The molecule has 1 aromatic carbocycles. The van der Waals surface area contributed by atoms with Crippen LogP contribution in [0.2, 0.25) is 10.0 Å². The van der Waals surface area contributed by atoms with Crippen LogP contribution in [-0.4, -0.2) is 59.0 Å². The van der Waals surface area contributed by atoms with Crippen LogP contribution in [0.4, 0.5) is 4.79 Å². The van der Waals surface area contributed by atoms with Crippen molar-refractivity contribution in [1.82, 2.24) is 15.1 Å². The highest BCUT2D eigenvalue weighted by molar-refractivity contribution is 6.42. The van der Waals surface area contributed by atoms with Crippen LogP contribution in [-0.2, 0) is 20.9 Å². The fourth-order valence-corrected chi connectivity index (χ4v) is 4.53. The molecule has 176 valence electrons. The number of nitrogens with zero attached hydrogens (tertiary/aromatic N) is 2. The number of rotatable bonds is 5. The Morgan fingerprint density at radius 1 is 1.19 bits per heavy atom. The first-order valence-corrected chi connectivity index (χ1v) is 11.8. The molecule has 0 aromatic heterocycles. The van der Waals surface area contributed by atoms with Gasteiger partial charge in [0, 0.05) is 32.6 Å². The normalized spacial score (nSPS) is 21.6. The van der Waals surface area contributed by atoms with Crippen LogP contribution < -0.4 is 5.32 Å². The van der Waals surface area contributed by atoms with Gasteiger partial charge in [0.05, 0.1) is 10.0 Å². The number of hydrogen-bond acceptors (Lipinski definition) is 4. The minimum absolute atomic E-state index is 0.0297. The minimum Gasteiger partial charge on any atom is -0.444 e. The number of hydrogen-bond donors (Lipinski definition) is 1. The molecular weight excluding hydrogens is 453 g/mol. The number of benzene rings is 1. The zero-order valence-electron chi connectivity index (χ0n) is 18.8. The smallest absolute Gasteiger partial charge is 0.407 e. The van der Waals surface area contributed by atoms with E-state index in [1.807, 2.05) is 31.7 Å². The monoisotopic (exact) mass is 483 g/mol. The Hall–Kier alpha value is -1.99. The molecule has 3 rings (SSSR count). The molecule has 2 aliphatic rings. The summed E-state index contributed by atoms with van der Waals surface area (Å²) in [5, 5.41) is 3.69. The predicted octanol–water partition coefficient (Wildman–Crippen LogP) is 4.25. The summed E-state index contributed by atoms with van der Waals surface area (Å²) in [6.07, 6.45) is 2.21. The Morgan fingerprint density at radius 3 is 2.62 bits per heavy atom. The Bertz CT molecular complexity index is 871. The van der Waals surface area contributed by atoms with Crippen molar-refractivity contribution in [3.63, 3.8) is 0 Å². The summed E-state index contributed by atoms with van der Waals surface area (Å²) < 4.78 is 5.29. The third kappa shape index (κ3) is 6.51. The van der Waals surface area contributed by atoms with Crippen molar-refractivity contribution in [2.24, 2.45) is 5.92 Å². The predicted molar refractivity (Wildman–Crippen MR) is 124 cm³/mol. The van der Waals surface area contributed by atoms with Gasteiger partial charge in [0.1, 0.15) is 11.6 Å². The Labute approximate surface area is 199 Å². The fraction of sp³-hybridized carbons (Fsp3) is 0.609. The second-order valence-corrected chi connectivity index (χ2v) is 10.3. The van der Waals surface area contributed by atoms with Crippen LogP contribution in [0, 0.1) is 5.92 Å². The Kier molecular flexibility index (Phi) is 7.93. The summed E-state index contributed by atoms with van der Waals surface area (Å²) in [5.41, 5.74) is 0.288. The molecule has 2 heterocycles. The first-order chi connectivity index (χ1) is 15.0. The number of likely N-dealkylation sites (tertiary alicyclic amines) is 2.